The Balaban J connectivity index is 1.74. The van der Waals surface area contributed by atoms with Crippen LogP contribution in [0.25, 0.3) is 11.3 Å². The molecule has 6 heteroatoms. The molecule has 0 radical (unpaired) electrons. The lowest BCUT2D eigenvalue weighted by molar-refractivity contribution is 0.0849. The summed E-state index contributed by atoms with van der Waals surface area (Å²) >= 11 is 1.29. The molecule has 25 heavy (non-hydrogen) atoms. The monoisotopic (exact) mass is 351 g/mol. The summed E-state index contributed by atoms with van der Waals surface area (Å²) < 4.78 is 0. The fourth-order valence-corrected chi connectivity index (χ4v) is 3.16. The Hall–Kier alpha value is -2.99. The number of rotatable bonds is 3. The number of thiazole rings is 1. The largest absolute Gasteiger partial charge is 0.282 e. The van der Waals surface area contributed by atoms with Gasteiger partial charge in [0.05, 0.1) is 10.7 Å². The number of aryl methyl sites for hydroxylation is 2. The van der Waals surface area contributed by atoms with E-state index < -0.39 is 0 Å². The minimum Gasteiger partial charge on any atom is -0.267 e. The summed E-state index contributed by atoms with van der Waals surface area (Å²) in [5, 5.41) is 0.786. The molecule has 126 valence electrons. The van der Waals surface area contributed by atoms with Gasteiger partial charge in [0.2, 0.25) is 0 Å². The summed E-state index contributed by atoms with van der Waals surface area (Å²) in [4.78, 5) is 29.5. The number of hydrogen-bond acceptors (Lipinski definition) is 4. The molecule has 0 unspecified atom stereocenters. The van der Waals surface area contributed by atoms with Crippen LogP contribution in [0, 0.1) is 13.8 Å². The Bertz CT molecular complexity index is 902. The molecule has 0 saturated heterocycles. The number of aromatic nitrogens is 1. The summed E-state index contributed by atoms with van der Waals surface area (Å²) in [5.41, 5.74) is 7.94. The zero-order chi connectivity index (χ0) is 17.8. The SMILES string of the molecule is Cc1ccc(C(=O)NNC(=O)c2sc(C)nc2-c2ccccc2)cc1. The molecule has 5 nitrogen and oxygen atoms in total. The smallest absolute Gasteiger partial charge is 0.267 e. The highest BCUT2D eigenvalue weighted by atomic mass is 32.1. The number of hydrogen-bond donors (Lipinski definition) is 2. The van der Waals surface area contributed by atoms with E-state index in [1.807, 2.05) is 56.3 Å². The van der Waals surface area contributed by atoms with Crippen molar-refractivity contribution in [2.45, 2.75) is 13.8 Å². The van der Waals surface area contributed by atoms with E-state index in [-0.39, 0.29) is 11.8 Å². The van der Waals surface area contributed by atoms with Crippen LogP contribution in [0.2, 0.25) is 0 Å². The lowest BCUT2D eigenvalue weighted by Gasteiger charge is -2.07. The third-order valence-corrected chi connectivity index (χ3v) is 4.56. The van der Waals surface area contributed by atoms with Gasteiger partial charge in [-0.05, 0) is 26.0 Å². The summed E-state index contributed by atoms with van der Waals surface area (Å²) in [6.45, 7) is 3.79. The predicted octanol–water partition coefficient (Wildman–Crippen LogP) is 3.50. The first-order valence-electron chi connectivity index (χ1n) is 7.75. The second kappa shape index (κ2) is 7.27. The highest BCUT2D eigenvalue weighted by Crippen LogP contribution is 2.27. The van der Waals surface area contributed by atoms with E-state index in [4.69, 9.17) is 0 Å². The van der Waals surface area contributed by atoms with Gasteiger partial charge in [-0.1, -0.05) is 48.0 Å². The summed E-state index contributed by atoms with van der Waals surface area (Å²) in [5.74, 6) is -0.749. The van der Waals surface area contributed by atoms with E-state index in [1.165, 1.54) is 11.3 Å². The van der Waals surface area contributed by atoms with E-state index in [2.05, 4.69) is 15.8 Å². The molecule has 0 fully saturated rings. The van der Waals surface area contributed by atoms with Crippen LogP contribution in [-0.4, -0.2) is 16.8 Å². The Labute approximate surface area is 149 Å². The highest BCUT2D eigenvalue weighted by molar-refractivity contribution is 7.14. The quantitative estimate of drug-likeness (QED) is 0.710. The molecule has 0 aliphatic heterocycles. The molecular weight excluding hydrogens is 334 g/mol. The van der Waals surface area contributed by atoms with Crippen molar-refractivity contribution in [2.75, 3.05) is 0 Å². The standard InChI is InChI=1S/C19H17N3O2S/c1-12-8-10-15(11-9-12)18(23)21-22-19(24)17-16(20-13(2)25-17)14-6-4-3-5-7-14/h3-11H,1-2H3,(H,21,23)(H,22,24). The first-order valence-corrected chi connectivity index (χ1v) is 8.56. The summed E-state index contributed by atoms with van der Waals surface area (Å²) in [6, 6.07) is 16.6. The van der Waals surface area contributed by atoms with Crippen LogP contribution < -0.4 is 10.9 Å². The Morgan fingerprint density at radius 1 is 0.880 bits per heavy atom. The first kappa shape index (κ1) is 16.9. The average molecular weight is 351 g/mol. The van der Waals surface area contributed by atoms with E-state index in [0.717, 1.165) is 16.1 Å². The molecule has 0 spiro atoms. The zero-order valence-corrected chi connectivity index (χ0v) is 14.7. The van der Waals surface area contributed by atoms with Crippen LogP contribution >= 0.6 is 11.3 Å². The Morgan fingerprint density at radius 3 is 2.20 bits per heavy atom. The molecule has 1 heterocycles. The molecule has 0 saturated carbocycles. The van der Waals surface area contributed by atoms with Crippen molar-refractivity contribution in [2.24, 2.45) is 0 Å². The second-order valence-electron chi connectivity index (χ2n) is 5.55. The molecule has 1 aromatic heterocycles. The molecule has 3 rings (SSSR count). The molecule has 2 N–H and O–H groups in total. The fourth-order valence-electron chi connectivity index (χ4n) is 2.32. The number of carbonyl (C=O) groups excluding carboxylic acids is 2. The molecule has 3 aromatic rings. The van der Waals surface area contributed by atoms with Crippen LogP contribution in [0.5, 0.6) is 0 Å². The van der Waals surface area contributed by atoms with Crippen molar-refractivity contribution in [1.29, 1.82) is 0 Å². The van der Waals surface area contributed by atoms with E-state index >= 15 is 0 Å². The first-order chi connectivity index (χ1) is 12.0. The van der Waals surface area contributed by atoms with Crippen molar-refractivity contribution in [3.63, 3.8) is 0 Å². The van der Waals surface area contributed by atoms with Gasteiger partial charge in [-0.15, -0.1) is 11.3 Å². The Kier molecular flexibility index (Phi) is 4.90. The van der Waals surface area contributed by atoms with Gasteiger partial charge < -0.3 is 0 Å². The van der Waals surface area contributed by atoms with Crippen LogP contribution in [0.1, 0.15) is 30.6 Å². The van der Waals surface area contributed by atoms with Gasteiger partial charge in [0, 0.05) is 11.1 Å². The third kappa shape index (κ3) is 3.92. The van der Waals surface area contributed by atoms with Crippen LogP contribution in [0.15, 0.2) is 54.6 Å². The maximum Gasteiger partial charge on any atom is 0.282 e. The van der Waals surface area contributed by atoms with Gasteiger partial charge >= 0.3 is 0 Å². The Morgan fingerprint density at radius 2 is 1.52 bits per heavy atom. The van der Waals surface area contributed by atoms with Gasteiger partial charge in [-0.2, -0.15) is 0 Å². The maximum absolute atomic E-state index is 12.5. The number of nitrogens with zero attached hydrogens (tertiary/aromatic N) is 1. The highest BCUT2D eigenvalue weighted by Gasteiger charge is 2.18. The number of carbonyl (C=O) groups is 2. The molecule has 2 amide bonds. The van der Waals surface area contributed by atoms with Crippen molar-refractivity contribution in [3.05, 3.63) is 75.6 Å². The minimum atomic E-state index is -0.384. The minimum absolute atomic E-state index is 0.365. The lowest BCUT2D eigenvalue weighted by Crippen LogP contribution is -2.41. The number of hydrazine groups is 1. The topological polar surface area (TPSA) is 71.1 Å². The normalized spacial score (nSPS) is 10.3. The van der Waals surface area contributed by atoms with E-state index in [9.17, 15) is 9.59 Å². The van der Waals surface area contributed by atoms with Crippen molar-refractivity contribution < 1.29 is 9.59 Å². The second-order valence-corrected chi connectivity index (χ2v) is 6.75. The van der Waals surface area contributed by atoms with Gasteiger partial charge in [-0.25, -0.2) is 4.98 Å². The molecule has 0 atom stereocenters. The zero-order valence-electron chi connectivity index (χ0n) is 13.9. The van der Waals surface area contributed by atoms with Crippen molar-refractivity contribution in [3.8, 4) is 11.3 Å². The third-order valence-electron chi connectivity index (χ3n) is 3.59. The number of amides is 2. The molecule has 0 bridgehead atoms. The van der Waals surface area contributed by atoms with Gasteiger partial charge in [0.15, 0.2) is 0 Å². The summed E-state index contributed by atoms with van der Waals surface area (Å²) in [6.07, 6.45) is 0. The molecule has 2 aromatic carbocycles. The molecule has 0 aliphatic carbocycles. The molecular formula is C19H17N3O2S. The predicted molar refractivity (Wildman–Crippen MR) is 98.4 cm³/mol. The van der Waals surface area contributed by atoms with Crippen LogP contribution in [0.4, 0.5) is 0 Å². The van der Waals surface area contributed by atoms with Crippen LogP contribution in [-0.2, 0) is 0 Å². The van der Waals surface area contributed by atoms with E-state index in [0.29, 0.717) is 16.1 Å². The van der Waals surface area contributed by atoms with Crippen molar-refractivity contribution >= 4 is 23.2 Å². The van der Waals surface area contributed by atoms with Gasteiger partial charge in [0.1, 0.15) is 4.88 Å². The lowest BCUT2D eigenvalue weighted by atomic mass is 10.1. The number of benzene rings is 2. The molecule has 0 aliphatic rings. The van der Waals surface area contributed by atoms with Gasteiger partial charge in [-0.3, -0.25) is 20.4 Å². The fraction of sp³-hybridized carbons (Fsp3) is 0.105. The van der Waals surface area contributed by atoms with Crippen molar-refractivity contribution in [1.82, 2.24) is 15.8 Å². The maximum atomic E-state index is 12.5. The average Bonchev–Trinajstić information content (AvgIpc) is 3.02. The van der Waals surface area contributed by atoms with E-state index in [1.54, 1.807) is 12.1 Å². The number of nitrogens with one attached hydrogen (secondary N) is 2. The van der Waals surface area contributed by atoms with Gasteiger partial charge in [0.25, 0.3) is 11.8 Å². The summed E-state index contributed by atoms with van der Waals surface area (Å²) in [7, 11) is 0. The van der Waals surface area contributed by atoms with Crippen LogP contribution in [0.3, 0.4) is 0 Å².